The maximum Gasteiger partial charge on any atom is 0.315 e. The van der Waals surface area contributed by atoms with Crippen molar-refractivity contribution in [2.45, 2.75) is 32.6 Å². The van der Waals surface area contributed by atoms with Gasteiger partial charge in [0.2, 0.25) is 0 Å². The van der Waals surface area contributed by atoms with Gasteiger partial charge in [-0.15, -0.1) is 0 Å². The van der Waals surface area contributed by atoms with Gasteiger partial charge >= 0.3 is 5.97 Å². The van der Waals surface area contributed by atoms with E-state index in [0.29, 0.717) is 29.0 Å². The maximum absolute atomic E-state index is 12.4. The Bertz CT molecular complexity index is 689. The van der Waals surface area contributed by atoms with Crippen molar-refractivity contribution in [3.8, 4) is 0 Å². The fraction of sp³-hybridized carbons (Fsp3) is 0.353. The number of carboxylic acids is 1. The molecule has 23 heavy (non-hydrogen) atoms. The molecule has 2 aromatic rings. The van der Waals surface area contributed by atoms with Crippen LogP contribution in [-0.2, 0) is 10.2 Å². The van der Waals surface area contributed by atoms with Crippen molar-refractivity contribution in [2.24, 2.45) is 0 Å². The van der Waals surface area contributed by atoms with Gasteiger partial charge in [-0.25, -0.2) is 0 Å². The third-order valence-corrected chi connectivity index (χ3v) is 4.15. The zero-order chi connectivity index (χ0) is 17.0. The van der Waals surface area contributed by atoms with E-state index in [2.05, 4.69) is 10.5 Å². The standard InChI is InChI=1S/C17H20N2O4/c1-4-17(16(21)22,13-8-6-5-7-9-13)10-18-15(20)14-11(2)19-23-12(14)3/h5-9H,4,10H2,1-3H3,(H,18,20)(H,21,22). The molecule has 2 rings (SSSR count). The monoisotopic (exact) mass is 316 g/mol. The van der Waals surface area contributed by atoms with Gasteiger partial charge in [0.25, 0.3) is 5.91 Å². The Morgan fingerprint density at radius 3 is 2.39 bits per heavy atom. The number of aryl methyl sites for hydroxylation is 2. The molecule has 2 N–H and O–H groups in total. The zero-order valence-electron chi connectivity index (χ0n) is 13.4. The van der Waals surface area contributed by atoms with Crippen LogP contribution in [-0.4, -0.2) is 28.7 Å². The number of aliphatic carboxylic acids is 1. The lowest BCUT2D eigenvalue weighted by Crippen LogP contribution is -2.46. The van der Waals surface area contributed by atoms with Gasteiger partial charge in [0, 0.05) is 6.54 Å². The van der Waals surface area contributed by atoms with Crippen LogP contribution in [0.2, 0.25) is 0 Å². The third-order valence-electron chi connectivity index (χ3n) is 4.15. The maximum atomic E-state index is 12.4. The highest BCUT2D eigenvalue weighted by Crippen LogP contribution is 2.28. The van der Waals surface area contributed by atoms with Crippen LogP contribution in [0, 0.1) is 13.8 Å². The first-order chi connectivity index (χ1) is 10.9. The highest BCUT2D eigenvalue weighted by atomic mass is 16.5. The summed E-state index contributed by atoms with van der Waals surface area (Å²) in [6.45, 7) is 5.11. The number of nitrogens with zero attached hydrogens (tertiary/aromatic N) is 1. The van der Waals surface area contributed by atoms with Crippen molar-refractivity contribution in [3.05, 3.63) is 52.9 Å². The normalized spacial score (nSPS) is 13.3. The van der Waals surface area contributed by atoms with Gasteiger partial charge in [0.1, 0.15) is 16.7 Å². The van der Waals surface area contributed by atoms with E-state index in [1.807, 2.05) is 6.07 Å². The van der Waals surface area contributed by atoms with Crippen LogP contribution in [0.25, 0.3) is 0 Å². The number of aromatic nitrogens is 1. The molecule has 1 amide bonds. The van der Waals surface area contributed by atoms with Crippen LogP contribution < -0.4 is 5.32 Å². The van der Waals surface area contributed by atoms with Crippen LogP contribution >= 0.6 is 0 Å². The molecule has 122 valence electrons. The van der Waals surface area contributed by atoms with E-state index in [1.165, 1.54) is 0 Å². The van der Waals surface area contributed by atoms with Crippen LogP contribution in [0.4, 0.5) is 0 Å². The lowest BCUT2D eigenvalue weighted by molar-refractivity contribution is -0.143. The predicted octanol–water partition coefficient (Wildman–Crippen LogP) is 2.45. The van der Waals surface area contributed by atoms with Crippen LogP contribution in [0.1, 0.15) is 40.7 Å². The highest BCUT2D eigenvalue weighted by Gasteiger charge is 2.39. The number of nitrogens with one attached hydrogen (secondary N) is 1. The molecule has 0 aliphatic carbocycles. The van der Waals surface area contributed by atoms with E-state index >= 15 is 0 Å². The van der Waals surface area contributed by atoms with Crippen molar-refractivity contribution in [1.29, 1.82) is 0 Å². The van der Waals surface area contributed by atoms with Crippen LogP contribution in [0.3, 0.4) is 0 Å². The lowest BCUT2D eigenvalue weighted by Gasteiger charge is -2.29. The number of carboxylic acid groups (broad SMARTS) is 1. The van der Waals surface area contributed by atoms with Crippen molar-refractivity contribution in [1.82, 2.24) is 10.5 Å². The third kappa shape index (κ3) is 3.11. The average molecular weight is 316 g/mol. The molecule has 1 aromatic heterocycles. The Labute approximate surface area is 134 Å². The first-order valence-electron chi connectivity index (χ1n) is 7.42. The summed E-state index contributed by atoms with van der Waals surface area (Å²) in [5.74, 6) is -0.932. The summed E-state index contributed by atoms with van der Waals surface area (Å²) < 4.78 is 4.98. The van der Waals surface area contributed by atoms with Gasteiger partial charge in [0.05, 0.1) is 5.69 Å². The van der Waals surface area contributed by atoms with Gasteiger partial charge < -0.3 is 14.9 Å². The number of rotatable bonds is 6. The molecule has 1 atom stereocenters. The summed E-state index contributed by atoms with van der Waals surface area (Å²) >= 11 is 0. The molecule has 6 heteroatoms. The molecule has 1 unspecified atom stereocenters. The van der Waals surface area contributed by atoms with Crippen LogP contribution in [0.15, 0.2) is 34.9 Å². The van der Waals surface area contributed by atoms with Gasteiger partial charge in [0.15, 0.2) is 0 Å². The molecule has 0 saturated carbocycles. The Hall–Kier alpha value is -2.63. The largest absolute Gasteiger partial charge is 0.481 e. The molecule has 0 saturated heterocycles. The molecule has 0 fully saturated rings. The Balaban J connectivity index is 2.27. The van der Waals surface area contributed by atoms with Gasteiger partial charge in [-0.3, -0.25) is 9.59 Å². The number of carbonyl (C=O) groups excluding carboxylic acids is 1. The first-order valence-corrected chi connectivity index (χ1v) is 7.42. The van der Waals surface area contributed by atoms with Gasteiger partial charge in [-0.05, 0) is 25.8 Å². The Morgan fingerprint density at radius 2 is 1.91 bits per heavy atom. The quantitative estimate of drug-likeness (QED) is 0.854. The summed E-state index contributed by atoms with van der Waals surface area (Å²) in [6, 6.07) is 8.94. The fourth-order valence-corrected chi connectivity index (χ4v) is 2.67. The first kappa shape index (κ1) is 16.7. The zero-order valence-corrected chi connectivity index (χ0v) is 13.4. The van der Waals surface area contributed by atoms with Crippen molar-refractivity contribution in [3.63, 3.8) is 0 Å². The molecule has 0 bridgehead atoms. The number of amides is 1. The van der Waals surface area contributed by atoms with E-state index in [9.17, 15) is 14.7 Å². The SMILES string of the molecule is CCC(CNC(=O)c1c(C)noc1C)(C(=O)O)c1ccccc1. The molecule has 0 spiro atoms. The lowest BCUT2D eigenvalue weighted by atomic mass is 9.78. The molecular formula is C17H20N2O4. The van der Waals surface area contributed by atoms with Crippen molar-refractivity contribution < 1.29 is 19.2 Å². The number of carbonyl (C=O) groups is 2. The van der Waals surface area contributed by atoms with E-state index in [0.717, 1.165) is 0 Å². The molecule has 0 aliphatic heterocycles. The molecular weight excluding hydrogens is 296 g/mol. The van der Waals surface area contributed by atoms with Crippen molar-refractivity contribution in [2.75, 3.05) is 6.54 Å². The van der Waals surface area contributed by atoms with Crippen LogP contribution in [0.5, 0.6) is 0 Å². The second kappa shape index (κ2) is 6.64. The number of benzene rings is 1. The average Bonchev–Trinajstić information content (AvgIpc) is 2.88. The van der Waals surface area contributed by atoms with Gasteiger partial charge in [-0.2, -0.15) is 0 Å². The summed E-state index contributed by atoms with van der Waals surface area (Å²) in [6.07, 6.45) is 0.355. The summed E-state index contributed by atoms with van der Waals surface area (Å²) in [5.41, 5.74) is 0.329. The second-order valence-electron chi connectivity index (χ2n) is 5.49. The van der Waals surface area contributed by atoms with E-state index in [-0.39, 0.29) is 12.5 Å². The summed E-state index contributed by atoms with van der Waals surface area (Å²) in [7, 11) is 0. The Kier molecular flexibility index (Phi) is 4.83. The fourth-order valence-electron chi connectivity index (χ4n) is 2.67. The Morgan fingerprint density at radius 1 is 1.26 bits per heavy atom. The minimum atomic E-state index is -1.17. The molecule has 6 nitrogen and oxygen atoms in total. The van der Waals surface area contributed by atoms with Gasteiger partial charge in [-0.1, -0.05) is 42.4 Å². The summed E-state index contributed by atoms with van der Waals surface area (Å²) in [4.78, 5) is 24.3. The minimum Gasteiger partial charge on any atom is -0.481 e. The smallest absolute Gasteiger partial charge is 0.315 e. The van der Waals surface area contributed by atoms with E-state index < -0.39 is 11.4 Å². The predicted molar refractivity (Wildman–Crippen MR) is 84.4 cm³/mol. The molecule has 1 heterocycles. The van der Waals surface area contributed by atoms with E-state index in [1.54, 1.807) is 45.0 Å². The summed E-state index contributed by atoms with van der Waals surface area (Å²) in [5, 5.41) is 16.2. The number of hydrogen-bond acceptors (Lipinski definition) is 4. The molecule has 0 radical (unpaired) electrons. The van der Waals surface area contributed by atoms with E-state index in [4.69, 9.17) is 4.52 Å². The molecule has 0 aliphatic rings. The topological polar surface area (TPSA) is 92.4 Å². The second-order valence-corrected chi connectivity index (χ2v) is 5.49. The minimum absolute atomic E-state index is 0.00819. The molecule has 1 aromatic carbocycles. The number of hydrogen-bond donors (Lipinski definition) is 2. The van der Waals surface area contributed by atoms with Crippen molar-refractivity contribution >= 4 is 11.9 Å². The highest BCUT2D eigenvalue weighted by molar-refractivity contribution is 5.96.